The zero-order valence-electron chi connectivity index (χ0n) is 19.7. The summed E-state index contributed by atoms with van der Waals surface area (Å²) in [6.45, 7) is 2.27. The fraction of sp³-hybridized carbons (Fsp3) is 0.250. The number of carbonyl (C=O) groups is 1. The third-order valence-electron chi connectivity index (χ3n) is 6.28. The number of carbonyl (C=O) groups excluding carboxylic acids is 1. The highest BCUT2D eigenvalue weighted by Crippen LogP contribution is 2.25. The molecule has 0 aliphatic carbocycles. The maximum Gasteiger partial charge on any atom is 0.257 e. The van der Waals surface area contributed by atoms with Crippen molar-refractivity contribution in [3.8, 4) is 5.75 Å². The van der Waals surface area contributed by atoms with E-state index in [0.717, 1.165) is 23.2 Å². The molecule has 2 aromatic carbocycles. The van der Waals surface area contributed by atoms with Crippen LogP contribution in [0.1, 0.15) is 15.9 Å². The highest BCUT2D eigenvalue weighted by atomic mass is 16.5. The molecule has 1 fully saturated rings. The summed E-state index contributed by atoms with van der Waals surface area (Å²) in [6.07, 6.45) is 6.29. The van der Waals surface area contributed by atoms with Crippen molar-refractivity contribution in [1.29, 1.82) is 0 Å². The van der Waals surface area contributed by atoms with Crippen LogP contribution in [0.5, 0.6) is 5.75 Å². The molecule has 1 amide bonds. The van der Waals surface area contributed by atoms with E-state index in [1.165, 1.54) is 10.9 Å². The second-order valence-corrected chi connectivity index (χ2v) is 8.67. The molecule has 1 saturated heterocycles. The van der Waals surface area contributed by atoms with Crippen LogP contribution in [-0.4, -0.2) is 54.2 Å². The first-order valence-electron chi connectivity index (χ1n) is 11.8. The molecule has 0 radical (unpaired) electrons. The van der Waals surface area contributed by atoms with Gasteiger partial charge < -0.3 is 19.7 Å². The molecule has 5 rings (SSSR count). The first kappa shape index (κ1) is 22.8. The summed E-state index contributed by atoms with van der Waals surface area (Å²) in [7, 11) is 1.63. The van der Waals surface area contributed by atoms with E-state index in [0.29, 0.717) is 37.7 Å². The Bertz CT molecular complexity index is 1300. The minimum absolute atomic E-state index is 0.0549. The molecule has 1 atom stereocenters. The lowest BCUT2D eigenvalue weighted by molar-refractivity contribution is 0.0738. The predicted octanol–water partition coefficient (Wildman–Crippen LogP) is 4.71. The van der Waals surface area contributed by atoms with E-state index in [4.69, 9.17) is 9.47 Å². The van der Waals surface area contributed by atoms with Gasteiger partial charge in [0.25, 0.3) is 5.91 Å². The lowest BCUT2D eigenvalue weighted by Gasteiger charge is -2.25. The SMILES string of the molecule is COc1ccc(Nc2ncccc2C(=O)N2CCOC[C@H](Cc3cncc4ccccc34)C2)cc1. The van der Waals surface area contributed by atoms with Crippen LogP contribution in [0, 0.1) is 5.92 Å². The second kappa shape index (κ2) is 10.5. The Hall–Kier alpha value is -3.97. The van der Waals surface area contributed by atoms with Gasteiger partial charge in [0, 0.05) is 48.7 Å². The fourth-order valence-corrected chi connectivity index (χ4v) is 4.50. The minimum Gasteiger partial charge on any atom is -0.497 e. The first-order chi connectivity index (χ1) is 17.2. The molecule has 7 heteroatoms. The number of methoxy groups -OCH3 is 1. The third kappa shape index (κ3) is 5.25. The van der Waals surface area contributed by atoms with Crippen molar-refractivity contribution in [2.45, 2.75) is 6.42 Å². The number of nitrogens with zero attached hydrogens (tertiary/aromatic N) is 3. The first-order valence-corrected chi connectivity index (χ1v) is 11.8. The molecule has 178 valence electrons. The number of anilines is 2. The number of amides is 1. The molecule has 0 spiro atoms. The summed E-state index contributed by atoms with van der Waals surface area (Å²) in [5, 5.41) is 5.60. The topological polar surface area (TPSA) is 76.6 Å². The zero-order chi connectivity index (χ0) is 24.0. The van der Waals surface area contributed by atoms with Crippen LogP contribution in [0.4, 0.5) is 11.5 Å². The Labute approximate surface area is 204 Å². The van der Waals surface area contributed by atoms with Crippen LogP contribution < -0.4 is 10.1 Å². The van der Waals surface area contributed by atoms with E-state index in [9.17, 15) is 4.79 Å². The fourth-order valence-electron chi connectivity index (χ4n) is 4.50. The van der Waals surface area contributed by atoms with Gasteiger partial charge >= 0.3 is 0 Å². The molecule has 1 N–H and O–H groups in total. The number of benzene rings is 2. The van der Waals surface area contributed by atoms with Gasteiger partial charge in [-0.3, -0.25) is 9.78 Å². The molecule has 1 aliphatic heterocycles. The lowest BCUT2D eigenvalue weighted by Crippen LogP contribution is -2.36. The highest BCUT2D eigenvalue weighted by molar-refractivity contribution is 5.99. The van der Waals surface area contributed by atoms with E-state index in [-0.39, 0.29) is 11.8 Å². The number of fused-ring (bicyclic) bond motifs is 1. The van der Waals surface area contributed by atoms with Crippen LogP contribution in [0.2, 0.25) is 0 Å². The van der Waals surface area contributed by atoms with E-state index in [1.54, 1.807) is 19.4 Å². The molecule has 3 heterocycles. The maximum atomic E-state index is 13.6. The Balaban J connectivity index is 1.34. The van der Waals surface area contributed by atoms with Gasteiger partial charge in [-0.15, -0.1) is 0 Å². The molecular weight excluding hydrogens is 440 g/mol. The second-order valence-electron chi connectivity index (χ2n) is 8.67. The largest absolute Gasteiger partial charge is 0.497 e. The Morgan fingerprint density at radius 1 is 1.11 bits per heavy atom. The van der Waals surface area contributed by atoms with Gasteiger partial charge in [0.05, 0.1) is 25.9 Å². The Morgan fingerprint density at radius 2 is 1.97 bits per heavy atom. The van der Waals surface area contributed by atoms with E-state index in [2.05, 4.69) is 27.4 Å². The number of aromatic nitrogens is 2. The van der Waals surface area contributed by atoms with Crippen molar-refractivity contribution >= 4 is 28.2 Å². The lowest BCUT2D eigenvalue weighted by atomic mass is 9.96. The van der Waals surface area contributed by atoms with Crippen molar-refractivity contribution in [3.63, 3.8) is 0 Å². The van der Waals surface area contributed by atoms with E-state index in [1.807, 2.05) is 59.8 Å². The minimum atomic E-state index is -0.0549. The number of ether oxygens (including phenoxy) is 2. The van der Waals surface area contributed by atoms with Crippen LogP contribution in [-0.2, 0) is 11.2 Å². The van der Waals surface area contributed by atoms with E-state index < -0.39 is 0 Å². The standard InChI is InChI=1S/C28H28N4O3/c1-34-24-10-8-23(9-11-24)31-27-26(7-4-12-30-27)28(33)32-13-14-35-19-20(18-32)15-22-17-29-16-21-5-2-3-6-25(21)22/h2-12,16-17,20H,13-15,18-19H2,1H3,(H,30,31)/t20-/m1/s1. The van der Waals surface area contributed by atoms with Crippen molar-refractivity contribution in [2.24, 2.45) is 5.92 Å². The Morgan fingerprint density at radius 3 is 2.83 bits per heavy atom. The Kier molecular flexibility index (Phi) is 6.86. The van der Waals surface area contributed by atoms with E-state index >= 15 is 0 Å². The summed E-state index contributed by atoms with van der Waals surface area (Å²) in [4.78, 5) is 24.4. The number of hydrogen-bond donors (Lipinski definition) is 1. The molecule has 4 aromatic rings. The number of rotatable bonds is 6. The smallest absolute Gasteiger partial charge is 0.257 e. The molecular formula is C28H28N4O3. The monoisotopic (exact) mass is 468 g/mol. The van der Waals surface area contributed by atoms with Gasteiger partial charge in [-0.25, -0.2) is 4.98 Å². The molecule has 2 aromatic heterocycles. The number of nitrogens with one attached hydrogen (secondary N) is 1. The summed E-state index contributed by atoms with van der Waals surface area (Å²) in [5.74, 6) is 1.41. The van der Waals surface area contributed by atoms with Gasteiger partial charge in [0.1, 0.15) is 11.6 Å². The van der Waals surface area contributed by atoms with Crippen LogP contribution in [0.3, 0.4) is 0 Å². The van der Waals surface area contributed by atoms with Gasteiger partial charge in [-0.05, 0) is 53.8 Å². The molecule has 1 aliphatic rings. The van der Waals surface area contributed by atoms with Crippen LogP contribution in [0.25, 0.3) is 10.8 Å². The average Bonchev–Trinajstić information content (AvgIpc) is 3.15. The summed E-state index contributed by atoms with van der Waals surface area (Å²) >= 11 is 0. The normalized spacial score (nSPS) is 16.0. The third-order valence-corrected chi connectivity index (χ3v) is 6.28. The molecule has 0 saturated carbocycles. The summed E-state index contributed by atoms with van der Waals surface area (Å²) in [5.41, 5.74) is 2.55. The van der Waals surface area contributed by atoms with Crippen molar-refractivity contribution in [3.05, 3.63) is 90.4 Å². The van der Waals surface area contributed by atoms with Crippen molar-refractivity contribution in [2.75, 3.05) is 38.7 Å². The van der Waals surface area contributed by atoms with Gasteiger partial charge in [0.2, 0.25) is 0 Å². The maximum absolute atomic E-state index is 13.6. The van der Waals surface area contributed by atoms with Gasteiger partial charge in [-0.2, -0.15) is 0 Å². The predicted molar refractivity (Wildman–Crippen MR) is 136 cm³/mol. The zero-order valence-corrected chi connectivity index (χ0v) is 19.7. The van der Waals surface area contributed by atoms with Gasteiger partial charge in [-0.1, -0.05) is 24.3 Å². The molecule has 35 heavy (non-hydrogen) atoms. The molecule has 0 bridgehead atoms. The summed E-state index contributed by atoms with van der Waals surface area (Å²) < 4.78 is 11.1. The molecule has 0 unspecified atom stereocenters. The van der Waals surface area contributed by atoms with Crippen molar-refractivity contribution < 1.29 is 14.3 Å². The van der Waals surface area contributed by atoms with Crippen molar-refractivity contribution in [1.82, 2.24) is 14.9 Å². The van der Waals surface area contributed by atoms with Gasteiger partial charge in [0.15, 0.2) is 0 Å². The van der Waals surface area contributed by atoms with Crippen LogP contribution in [0.15, 0.2) is 79.3 Å². The average molecular weight is 469 g/mol. The van der Waals surface area contributed by atoms with Crippen LogP contribution >= 0.6 is 0 Å². The molecule has 7 nitrogen and oxygen atoms in total. The quantitative estimate of drug-likeness (QED) is 0.442. The number of pyridine rings is 2. The summed E-state index contributed by atoms with van der Waals surface area (Å²) in [6, 6.07) is 19.4. The number of hydrogen-bond acceptors (Lipinski definition) is 6. The highest BCUT2D eigenvalue weighted by Gasteiger charge is 2.26.